The number of amides is 1. The second-order valence-electron chi connectivity index (χ2n) is 5.34. The molecule has 1 N–H and O–H groups in total. The Morgan fingerprint density at radius 1 is 1.23 bits per heavy atom. The molecular weight excluding hydrogens is 383 g/mol. The van der Waals surface area contributed by atoms with E-state index in [4.69, 9.17) is 32.7 Å². The molecule has 0 radical (unpaired) electrons. The highest BCUT2D eigenvalue weighted by Crippen LogP contribution is 2.33. The van der Waals surface area contributed by atoms with E-state index in [0.717, 1.165) is 0 Å². The minimum absolute atomic E-state index is 0.0428. The van der Waals surface area contributed by atoms with Crippen LogP contribution in [-0.2, 0) is 16.1 Å². The molecule has 2 aromatic rings. The minimum atomic E-state index is -0.512. The topological polar surface area (TPSA) is 90.7 Å². The highest BCUT2D eigenvalue weighted by atomic mass is 35.5. The molecule has 0 unspecified atom stereocenters. The van der Waals surface area contributed by atoms with Gasteiger partial charge in [-0.25, -0.2) is 0 Å². The van der Waals surface area contributed by atoms with Crippen LogP contribution < -0.4 is 10.1 Å². The fourth-order valence-corrected chi connectivity index (χ4v) is 2.68. The fourth-order valence-electron chi connectivity index (χ4n) is 2.38. The number of carbonyl (C=O) groups is 1. The number of nitrogens with zero attached hydrogens (tertiary/aromatic N) is 1. The standard InChI is InChI=1S/C17H12Cl2N2O5/c18-14-3-2-12(7-15(14)19)20-16(22)4-1-10-5-13(21(23)24)6-11-8-25-9-26-17(10)11/h1-7H,8-9H2,(H,20,22)/b4-1+. The summed E-state index contributed by atoms with van der Waals surface area (Å²) in [5, 5.41) is 14.4. The van der Waals surface area contributed by atoms with Gasteiger partial charge >= 0.3 is 0 Å². The van der Waals surface area contributed by atoms with E-state index in [1.54, 1.807) is 12.1 Å². The number of non-ortho nitro benzene ring substituents is 1. The number of benzene rings is 2. The van der Waals surface area contributed by atoms with Crippen molar-refractivity contribution in [3.63, 3.8) is 0 Å². The molecular formula is C17H12Cl2N2O5. The molecule has 2 aromatic carbocycles. The molecule has 0 spiro atoms. The van der Waals surface area contributed by atoms with Gasteiger partial charge in [0, 0.05) is 35.0 Å². The Bertz CT molecular complexity index is 914. The monoisotopic (exact) mass is 394 g/mol. The Morgan fingerprint density at radius 2 is 2.04 bits per heavy atom. The summed E-state index contributed by atoms with van der Waals surface area (Å²) in [5.41, 5.74) is 1.33. The molecule has 1 aliphatic rings. The van der Waals surface area contributed by atoms with Crippen molar-refractivity contribution in [3.8, 4) is 5.75 Å². The van der Waals surface area contributed by atoms with E-state index in [9.17, 15) is 14.9 Å². The number of hydrogen-bond donors (Lipinski definition) is 1. The maximum absolute atomic E-state index is 12.1. The molecule has 3 rings (SSSR count). The van der Waals surface area contributed by atoms with Crippen LogP contribution in [0.4, 0.5) is 11.4 Å². The quantitative estimate of drug-likeness (QED) is 0.470. The van der Waals surface area contributed by atoms with E-state index in [-0.39, 0.29) is 19.1 Å². The first-order valence-electron chi connectivity index (χ1n) is 7.40. The summed E-state index contributed by atoms with van der Waals surface area (Å²) < 4.78 is 10.5. The third-order valence-electron chi connectivity index (χ3n) is 3.54. The molecule has 0 fully saturated rings. The molecule has 0 saturated carbocycles. The van der Waals surface area contributed by atoms with E-state index in [0.29, 0.717) is 32.6 Å². The van der Waals surface area contributed by atoms with Gasteiger partial charge < -0.3 is 14.8 Å². The van der Waals surface area contributed by atoms with E-state index < -0.39 is 10.8 Å². The summed E-state index contributed by atoms with van der Waals surface area (Å²) in [5.74, 6) is 0.0242. The maximum Gasteiger partial charge on any atom is 0.270 e. The second kappa shape index (κ2) is 7.74. The summed E-state index contributed by atoms with van der Waals surface area (Å²) in [6.45, 7) is 0.244. The van der Waals surface area contributed by atoms with Gasteiger partial charge in [0.1, 0.15) is 5.75 Å². The second-order valence-corrected chi connectivity index (χ2v) is 6.16. The third kappa shape index (κ3) is 4.13. The Kier molecular flexibility index (Phi) is 5.41. The lowest BCUT2D eigenvalue weighted by atomic mass is 10.1. The number of anilines is 1. The zero-order chi connectivity index (χ0) is 18.7. The van der Waals surface area contributed by atoms with Crippen molar-refractivity contribution in [2.45, 2.75) is 6.61 Å². The van der Waals surface area contributed by atoms with Crippen LogP contribution in [0.3, 0.4) is 0 Å². The molecule has 7 nitrogen and oxygen atoms in total. The van der Waals surface area contributed by atoms with Crippen LogP contribution >= 0.6 is 23.2 Å². The number of rotatable bonds is 4. The van der Waals surface area contributed by atoms with Crippen molar-refractivity contribution >= 4 is 46.6 Å². The van der Waals surface area contributed by atoms with Gasteiger partial charge in [0.05, 0.1) is 21.6 Å². The number of fused-ring (bicyclic) bond motifs is 1. The SMILES string of the molecule is O=C(/C=C/c1cc([N+](=O)[O-])cc2c1OCOC2)Nc1ccc(Cl)c(Cl)c1. The van der Waals surface area contributed by atoms with Gasteiger partial charge in [-0.2, -0.15) is 0 Å². The molecule has 9 heteroatoms. The predicted molar refractivity (Wildman–Crippen MR) is 97.5 cm³/mol. The highest BCUT2D eigenvalue weighted by molar-refractivity contribution is 6.42. The van der Waals surface area contributed by atoms with Crippen LogP contribution in [0.25, 0.3) is 6.08 Å². The molecule has 1 amide bonds. The molecule has 0 aromatic heterocycles. The largest absolute Gasteiger partial charge is 0.467 e. The molecule has 134 valence electrons. The van der Waals surface area contributed by atoms with Crippen LogP contribution in [0.1, 0.15) is 11.1 Å². The molecule has 0 atom stereocenters. The number of ether oxygens (including phenoxy) is 2. The number of halogens is 2. The lowest BCUT2D eigenvalue weighted by Crippen LogP contribution is -2.13. The van der Waals surface area contributed by atoms with Crippen LogP contribution in [-0.4, -0.2) is 17.6 Å². The first-order valence-corrected chi connectivity index (χ1v) is 8.15. The molecule has 1 aliphatic heterocycles. The highest BCUT2D eigenvalue weighted by Gasteiger charge is 2.19. The summed E-state index contributed by atoms with van der Waals surface area (Å²) in [7, 11) is 0. The number of carbonyl (C=O) groups excluding carboxylic acids is 1. The van der Waals surface area contributed by atoms with Crippen LogP contribution in [0.5, 0.6) is 5.75 Å². The minimum Gasteiger partial charge on any atom is -0.467 e. The van der Waals surface area contributed by atoms with E-state index in [1.165, 1.54) is 30.4 Å². The Morgan fingerprint density at radius 3 is 2.77 bits per heavy atom. The Hall–Kier alpha value is -2.61. The van der Waals surface area contributed by atoms with Crippen molar-refractivity contribution in [2.75, 3.05) is 12.1 Å². The first-order chi connectivity index (χ1) is 12.4. The normalized spacial score (nSPS) is 13.2. The van der Waals surface area contributed by atoms with Crippen molar-refractivity contribution < 1.29 is 19.2 Å². The molecule has 0 saturated heterocycles. The molecule has 0 bridgehead atoms. The average molecular weight is 395 g/mol. The molecule has 1 heterocycles. The van der Waals surface area contributed by atoms with Gasteiger partial charge in [-0.1, -0.05) is 23.2 Å². The lowest BCUT2D eigenvalue weighted by Gasteiger charge is -2.19. The lowest BCUT2D eigenvalue weighted by molar-refractivity contribution is -0.385. The first kappa shape index (κ1) is 18.2. The van der Waals surface area contributed by atoms with Crippen molar-refractivity contribution in [2.24, 2.45) is 0 Å². The van der Waals surface area contributed by atoms with Gasteiger partial charge in [-0.05, 0) is 24.3 Å². The smallest absolute Gasteiger partial charge is 0.270 e. The zero-order valence-electron chi connectivity index (χ0n) is 13.2. The van der Waals surface area contributed by atoms with E-state index in [2.05, 4.69) is 5.32 Å². The third-order valence-corrected chi connectivity index (χ3v) is 4.27. The van der Waals surface area contributed by atoms with Crippen molar-refractivity contribution in [1.29, 1.82) is 0 Å². The summed E-state index contributed by atoms with van der Waals surface area (Å²) >= 11 is 11.7. The van der Waals surface area contributed by atoms with Crippen molar-refractivity contribution in [3.05, 3.63) is 67.7 Å². The number of nitrogens with one attached hydrogen (secondary N) is 1. The Balaban J connectivity index is 1.82. The van der Waals surface area contributed by atoms with Gasteiger partial charge in [-0.15, -0.1) is 0 Å². The van der Waals surface area contributed by atoms with E-state index in [1.807, 2.05) is 0 Å². The number of nitro groups is 1. The summed E-state index contributed by atoms with van der Waals surface area (Å²) in [6.07, 6.45) is 2.70. The van der Waals surface area contributed by atoms with Gasteiger partial charge in [0.25, 0.3) is 5.69 Å². The average Bonchev–Trinajstić information content (AvgIpc) is 2.62. The van der Waals surface area contributed by atoms with Gasteiger partial charge in [-0.3, -0.25) is 14.9 Å². The summed E-state index contributed by atoms with van der Waals surface area (Å²) in [6, 6.07) is 7.42. The predicted octanol–water partition coefficient (Wildman–Crippen LogP) is 4.42. The van der Waals surface area contributed by atoms with Gasteiger partial charge in [0.2, 0.25) is 5.91 Å². The fraction of sp³-hybridized carbons (Fsp3) is 0.118. The maximum atomic E-state index is 12.1. The van der Waals surface area contributed by atoms with Crippen LogP contribution in [0.2, 0.25) is 10.0 Å². The zero-order valence-corrected chi connectivity index (χ0v) is 14.7. The van der Waals surface area contributed by atoms with Crippen LogP contribution in [0, 0.1) is 10.1 Å². The Labute approximate surface area is 158 Å². The summed E-state index contributed by atoms with van der Waals surface area (Å²) in [4.78, 5) is 22.7. The van der Waals surface area contributed by atoms with E-state index >= 15 is 0 Å². The number of nitro benzene ring substituents is 1. The van der Waals surface area contributed by atoms with Crippen LogP contribution in [0.15, 0.2) is 36.4 Å². The number of hydrogen-bond acceptors (Lipinski definition) is 5. The molecule has 0 aliphatic carbocycles. The van der Waals surface area contributed by atoms with Crippen molar-refractivity contribution in [1.82, 2.24) is 0 Å². The van der Waals surface area contributed by atoms with Gasteiger partial charge in [0.15, 0.2) is 6.79 Å². The molecule has 26 heavy (non-hydrogen) atoms.